The van der Waals surface area contributed by atoms with Gasteiger partial charge in [-0.1, -0.05) is 0 Å². The van der Waals surface area contributed by atoms with Crippen molar-refractivity contribution in [3.63, 3.8) is 0 Å². The molecule has 19 heavy (non-hydrogen) atoms. The number of nitrogens with one attached hydrogen (secondary N) is 1. The topological polar surface area (TPSA) is 84.9 Å². The molecule has 0 aliphatic carbocycles. The van der Waals surface area contributed by atoms with Crippen molar-refractivity contribution in [1.82, 2.24) is 5.32 Å². The lowest BCUT2D eigenvalue weighted by Gasteiger charge is -2.09. The van der Waals surface area contributed by atoms with Crippen molar-refractivity contribution < 1.29 is 24.2 Å². The molecule has 7 heteroatoms. The van der Waals surface area contributed by atoms with Gasteiger partial charge in [-0.2, -0.15) is 0 Å². The highest BCUT2D eigenvalue weighted by molar-refractivity contribution is 14.1. The monoisotopic (exact) mass is 379 g/mol. The molecule has 0 aromatic heterocycles. The van der Waals surface area contributed by atoms with Gasteiger partial charge in [0.1, 0.15) is 11.3 Å². The molecule has 0 unspecified atom stereocenters. The van der Waals surface area contributed by atoms with Crippen molar-refractivity contribution in [1.29, 1.82) is 0 Å². The minimum absolute atomic E-state index is 0.0385. The molecule has 0 aliphatic rings. The maximum absolute atomic E-state index is 11.4. The molecule has 0 saturated heterocycles. The number of benzene rings is 1. The molecule has 104 valence electrons. The number of hydrogen-bond acceptors (Lipinski definition) is 4. The molecule has 0 bridgehead atoms. The maximum Gasteiger partial charge on any atom is 0.339 e. The van der Waals surface area contributed by atoms with Crippen molar-refractivity contribution >= 4 is 34.5 Å². The summed E-state index contributed by atoms with van der Waals surface area (Å²) in [5.74, 6) is -1.24. The first-order valence-corrected chi connectivity index (χ1v) is 6.53. The zero-order valence-corrected chi connectivity index (χ0v) is 12.5. The van der Waals surface area contributed by atoms with Crippen molar-refractivity contribution in [3.05, 3.63) is 27.3 Å². The summed E-state index contributed by atoms with van der Waals surface area (Å²) in [6.45, 7) is 0.567. The van der Waals surface area contributed by atoms with Crippen LogP contribution in [0, 0.1) is 3.57 Å². The number of aromatic carboxylic acids is 1. The normalized spacial score (nSPS) is 10.0. The van der Waals surface area contributed by atoms with Crippen molar-refractivity contribution in [3.8, 4) is 5.75 Å². The molecule has 0 spiro atoms. The largest absolute Gasteiger partial charge is 0.483 e. The van der Waals surface area contributed by atoms with Gasteiger partial charge in [-0.05, 0) is 40.8 Å². The van der Waals surface area contributed by atoms with Crippen molar-refractivity contribution in [2.45, 2.75) is 0 Å². The predicted octanol–water partition coefficient (Wildman–Crippen LogP) is 1.13. The molecule has 1 rings (SSSR count). The Bertz CT molecular complexity index is 463. The third kappa shape index (κ3) is 5.43. The number of carbonyl (C=O) groups excluding carboxylic acids is 1. The summed E-state index contributed by atoms with van der Waals surface area (Å²) in [7, 11) is 1.54. The van der Waals surface area contributed by atoms with Gasteiger partial charge in [0, 0.05) is 17.2 Å². The fourth-order valence-electron chi connectivity index (χ4n) is 1.28. The van der Waals surface area contributed by atoms with Crippen LogP contribution < -0.4 is 10.1 Å². The second kappa shape index (κ2) is 7.95. The molecule has 1 amide bonds. The molecule has 0 fully saturated rings. The Balaban J connectivity index is 2.57. The second-order valence-electron chi connectivity index (χ2n) is 3.58. The number of ether oxygens (including phenoxy) is 2. The summed E-state index contributed by atoms with van der Waals surface area (Å²) in [6, 6.07) is 4.74. The molecule has 0 aliphatic heterocycles. The summed E-state index contributed by atoms with van der Waals surface area (Å²) in [4.78, 5) is 22.4. The van der Waals surface area contributed by atoms with Gasteiger partial charge in [-0.3, -0.25) is 4.79 Å². The van der Waals surface area contributed by atoms with E-state index in [1.54, 1.807) is 6.07 Å². The molecule has 6 nitrogen and oxygen atoms in total. The Labute approximate surface area is 124 Å². The van der Waals surface area contributed by atoms with Crippen molar-refractivity contribution in [2.24, 2.45) is 0 Å². The van der Waals surface area contributed by atoms with Gasteiger partial charge >= 0.3 is 5.97 Å². The summed E-state index contributed by atoms with van der Waals surface area (Å²) in [6.07, 6.45) is 0. The molecule has 1 aromatic carbocycles. The average Bonchev–Trinajstić information content (AvgIpc) is 2.37. The summed E-state index contributed by atoms with van der Waals surface area (Å²) >= 11 is 2.01. The minimum Gasteiger partial charge on any atom is -0.483 e. The fourth-order valence-corrected chi connectivity index (χ4v) is 1.77. The predicted molar refractivity (Wildman–Crippen MR) is 76.5 cm³/mol. The van der Waals surface area contributed by atoms with E-state index in [1.807, 2.05) is 22.6 Å². The van der Waals surface area contributed by atoms with Crippen LogP contribution in [0.25, 0.3) is 0 Å². The number of hydrogen-bond donors (Lipinski definition) is 2. The van der Waals surface area contributed by atoms with Crippen LogP contribution in [-0.2, 0) is 9.53 Å². The van der Waals surface area contributed by atoms with Crippen LogP contribution in [0.1, 0.15) is 10.4 Å². The Morgan fingerprint density at radius 1 is 1.42 bits per heavy atom. The zero-order chi connectivity index (χ0) is 14.3. The minimum atomic E-state index is -1.09. The van der Waals surface area contributed by atoms with E-state index in [4.69, 9.17) is 14.6 Å². The van der Waals surface area contributed by atoms with Crippen LogP contribution in [0.4, 0.5) is 0 Å². The smallest absolute Gasteiger partial charge is 0.339 e. The number of carboxylic acids is 1. The standard InChI is InChI=1S/C12H14INO5/c1-18-5-4-14-11(15)7-19-10-3-2-8(13)6-9(10)12(16)17/h2-3,6H,4-5,7H2,1H3,(H,14,15)(H,16,17). The van der Waals surface area contributed by atoms with E-state index < -0.39 is 5.97 Å². The van der Waals surface area contributed by atoms with Crippen LogP contribution in [0.15, 0.2) is 18.2 Å². The molecule has 0 radical (unpaired) electrons. The van der Waals surface area contributed by atoms with Gasteiger partial charge in [0.05, 0.1) is 6.61 Å². The Morgan fingerprint density at radius 3 is 2.79 bits per heavy atom. The lowest BCUT2D eigenvalue weighted by molar-refractivity contribution is -0.123. The van der Waals surface area contributed by atoms with Gasteiger partial charge in [-0.15, -0.1) is 0 Å². The summed E-state index contributed by atoms with van der Waals surface area (Å²) < 4.78 is 10.8. The second-order valence-corrected chi connectivity index (χ2v) is 4.82. The molecule has 0 saturated carbocycles. The summed E-state index contributed by atoms with van der Waals surface area (Å²) in [5.41, 5.74) is 0.0385. The molecule has 1 aromatic rings. The van der Waals surface area contributed by atoms with Crippen LogP contribution in [-0.4, -0.2) is 43.9 Å². The third-order valence-corrected chi connectivity index (χ3v) is 2.83. The highest BCUT2D eigenvalue weighted by Crippen LogP contribution is 2.21. The number of halogens is 1. The van der Waals surface area contributed by atoms with E-state index in [2.05, 4.69) is 5.32 Å². The quantitative estimate of drug-likeness (QED) is 0.548. The highest BCUT2D eigenvalue weighted by atomic mass is 127. The van der Waals surface area contributed by atoms with Gasteiger partial charge in [0.25, 0.3) is 5.91 Å². The van der Waals surface area contributed by atoms with Crippen LogP contribution >= 0.6 is 22.6 Å². The third-order valence-electron chi connectivity index (χ3n) is 2.16. The lowest BCUT2D eigenvalue weighted by atomic mass is 10.2. The number of carbonyl (C=O) groups is 2. The number of methoxy groups -OCH3 is 1. The summed E-state index contributed by atoms with van der Waals surface area (Å²) in [5, 5.41) is 11.6. The van der Waals surface area contributed by atoms with E-state index >= 15 is 0 Å². The Kier molecular flexibility index (Phi) is 6.57. The van der Waals surface area contributed by atoms with Gasteiger partial charge in [0.2, 0.25) is 0 Å². The van der Waals surface area contributed by atoms with Crippen LogP contribution in [0.5, 0.6) is 5.75 Å². The lowest BCUT2D eigenvalue weighted by Crippen LogP contribution is -2.31. The SMILES string of the molecule is COCCNC(=O)COc1ccc(I)cc1C(=O)O. The number of amides is 1. The van der Waals surface area contributed by atoms with Gasteiger partial charge in [-0.25, -0.2) is 4.79 Å². The van der Waals surface area contributed by atoms with Crippen LogP contribution in [0.2, 0.25) is 0 Å². The Hall–Kier alpha value is -1.35. The molecule has 0 atom stereocenters. The first-order valence-electron chi connectivity index (χ1n) is 5.46. The Morgan fingerprint density at radius 2 is 2.16 bits per heavy atom. The van der Waals surface area contributed by atoms with E-state index in [9.17, 15) is 9.59 Å². The van der Waals surface area contributed by atoms with Crippen molar-refractivity contribution in [2.75, 3.05) is 26.9 Å². The zero-order valence-electron chi connectivity index (χ0n) is 10.3. The fraction of sp³-hybridized carbons (Fsp3) is 0.333. The maximum atomic E-state index is 11.4. The van der Waals surface area contributed by atoms with E-state index in [0.29, 0.717) is 13.2 Å². The molecule has 2 N–H and O–H groups in total. The van der Waals surface area contributed by atoms with Gasteiger partial charge in [0.15, 0.2) is 6.61 Å². The van der Waals surface area contributed by atoms with E-state index in [-0.39, 0.29) is 23.8 Å². The number of carboxylic acid groups (broad SMARTS) is 1. The average molecular weight is 379 g/mol. The first kappa shape index (κ1) is 15.7. The van der Waals surface area contributed by atoms with E-state index in [0.717, 1.165) is 3.57 Å². The van der Waals surface area contributed by atoms with E-state index in [1.165, 1.54) is 19.2 Å². The molecular weight excluding hydrogens is 365 g/mol. The highest BCUT2D eigenvalue weighted by Gasteiger charge is 2.13. The van der Waals surface area contributed by atoms with Gasteiger partial charge < -0.3 is 19.9 Å². The first-order chi connectivity index (χ1) is 9.04. The van der Waals surface area contributed by atoms with Crippen LogP contribution in [0.3, 0.4) is 0 Å². The molecular formula is C12H14INO5. The molecule has 0 heterocycles. The number of rotatable bonds is 7.